The van der Waals surface area contributed by atoms with Crippen LogP contribution in [0.25, 0.3) is 17.1 Å². The maximum Gasteiger partial charge on any atom is 0.416 e. The van der Waals surface area contributed by atoms with Crippen molar-refractivity contribution in [2.24, 2.45) is 0 Å². The molecular weight excluding hydrogens is 471 g/mol. The average molecular weight is 489 g/mol. The number of carbonyl (C=O) groups is 1. The number of hydrogen-bond acceptors (Lipinski definition) is 7. The van der Waals surface area contributed by atoms with Crippen LogP contribution >= 0.6 is 11.8 Å². The zero-order valence-corrected chi connectivity index (χ0v) is 18.6. The summed E-state index contributed by atoms with van der Waals surface area (Å²) in [6.45, 7) is 2.01. The highest BCUT2D eigenvalue weighted by Gasteiger charge is 2.31. The largest absolute Gasteiger partial charge is 0.447 e. The highest BCUT2D eigenvalue weighted by atomic mass is 32.2. The van der Waals surface area contributed by atoms with Crippen molar-refractivity contribution in [1.82, 2.24) is 25.2 Å². The first kappa shape index (κ1) is 23.5. The Hall–Kier alpha value is -3.64. The zero-order chi connectivity index (χ0) is 24.1. The van der Waals surface area contributed by atoms with Gasteiger partial charge in [0.2, 0.25) is 5.89 Å². The van der Waals surface area contributed by atoms with Crippen molar-refractivity contribution >= 4 is 17.7 Å². The second-order valence-electron chi connectivity index (χ2n) is 6.84. The van der Waals surface area contributed by atoms with Crippen molar-refractivity contribution in [3.05, 3.63) is 78.0 Å². The number of rotatable bonds is 8. The Kier molecular flexibility index (Phi) is 6.98. The van der Waals surface area contributed by atoms with E-state index < -0.39 is 17.6 Å². The molecule has 1 N–H and O–H groups in total. The van der Waals surface area contributed by atoms with E-state index in [-0.39, 0.29) is 23.0 Å². The number of amides is 1. The molecule has 4 aromatic rings. The molecule has 8 nitrogen and oxygen atoms in total. The molecule has 34 heavy (non-hydrogen) atoms. The lowest BCUT2D eigenvalue weighted by Crippen LogP contribution is -2.23. The molecule has 0 saturated heterocycles. The third-order valence-corrected chi connectivity index (χ3v) is 5.43. The number of halogens is 3. The summed E-state index contributed by atoms with van der Waals surface area (Å²) >= 11 is 1.16. The molecule has 0 radical (unpaired) electrons. The molecule has 0 fully saturated rings. The number of thioether (sulfide) groups is 1. The van der Waals surface area contributed by atoms with Gasteiger partial charge in [-0.1, -0.05) is 48.2 Å². The molecule has 0 atom stereocenters. The lowest BCUT2D eigenvalue weighted by atomic mass is 10.1. The molecular formula is C22H18F3N5O3S. The molecule has 176 valence electrons. The Morgan fingerprint density at radius 1 is 1.15 bits per heavy atom. The number of hydroxylamine groups is 1. The standard InChI is InChI=1S/C22H18F3N5O3S/c1-2-33-29-20(31)17-12-32-18(26-17)13-34-21-28-27-19(14-7-4-3-5-8-14)30(21)16-10-6-9-15(11-16)22(23,24)25/h3-12H,2,13H2,1H3,(H,29,31). The number of oxazole rings is 1. The second-order valence-corrected chi connectivity index (χ2v) is 7.78. The maximum absolute atomic E-state index is 13.3. The van der Waals surface area contributed by atoms with Crippen molar-refractivity contribution in [3.63, 3.8) is 0 Å². The predicted molar refractivity (Wildman–Crippen MR) is 117 cm³/mol. The predicted octanol–water partition coefficient (Wildman–Crippen LogP) is 4.91. The Morgan fingerprint density at radius 2 is 1.94 bits per heavy atom. The van der Waals surface area contributed by atoms with Crippen LogP contribution in [0.1, 0.15) is 28.9 Å². The average Bonchev–Trinajstić information content (AvgIpc) is 3.48. The molecule has 0 aliphatic carbocycles. The summed E-state index contributed by atoms with van der Waals surface area (Å²) in [5.41, 5.74) is 2.41. The quantitative estimate of drug-likeness (QED) is 0.277. The van der Waals surface area contributed by atoms with E-state index in [0.29, 0.717) is 23.2 Å². The van der Waals surface area contributed by atoms with Gasteiger partial charge in [-0.05, 0) is 25.1 Å². The van der Waals surface area contributed by atoms with Crippen LogP contribution in [-0.4, -0.2) is 32.3 Å². The van der Waals surface area contributed by atoms with Crippen LogP contribution in [-0.2, 0) is 16.8 Å². The molecule has 2 aromatic heterocycles. The van der Waals surface area contributed by atoms with Crippen molar-refractivity contribution in [3.8, 4) is 17.1 Å². The van der Waals surface area contributed by atoms with E-state index >= 15 is 0 Å². The fourth-order valence-corrected chi connectivity index (χ4v) is 3.79. The summed E-state index contributed by atoms with van der Waals surface area (Å²) in [4.78, 5) is 20.9. The summed E-state index contributed by atoms with van der Waals surface area (Å²) < 4.78 is 46.9. The molecule has 12 heteroatoms. The van der Waals surface area contributed by atoms with Crippen LogP contribution in [0.2, 0.25) is 0 Å². The zero-order valence-electron chi connectivity index (χ0n) is 17.7. The highest BCUT2D eigenvalue weighted by Crippen LogP contribution is 2.34. The van der Waals surface area contributed by atoms with Gasteiger partial charge in [-0.2, -0.15) is 13.2 Å². The molecule has 4 rings (SSSR count). The Bertz CT molecular complexity index is 1270. The molecule has 0 aliphatic heterocycles. The van der Waals surface area contributed by atoms with Crippen LogP contribution in [0.3, 0.4) is 0 Å². The summed E-state index contributed by atoms with van der Waals surface area (Å²) in [5.74, 6) is 0.215. The van der Waals surface area contributed by atoms with Gasteiger partial charge < -0.3 is 4.42 Å². The lowest BCUT2D eigenvalue weighted by molar-refractivity contribution is -0.137. The Morgan fingerprint density at radius 3 is 2.68 bits per heavy atom. The van der Waals surface area contributed by atoms with Gasteiger partial charge in [0.25, 0.3) is 5.91 Å². The topological polar surface area (TPSA) is 95.1 Å². The van der Waals surface area contributed by atoms with Crippen LogP contribution < -0.4 is 5.48 Å². The first-order valence-corrected chi connectivity index (χ1v) is 11.0. The van der Waals surface area contributed by atoms with Gasteiger partial charge >= 0.3 is 6.18 Å². The number of alkyl halides is 3. The minimum absolute atomic E-state index is 0.0355. The van der Waals surface area contributed by atoms with E-state index in [1.165, 1.54) is 12.3 Å². The van der Waals surface area contributed by atoms with Gasteiger partial charge in [0.15, 0.2) is 16.7 Å². The van der Waals surface area contributed by atoms with E-state index in [1.54, 1.807) is 41.8 Å². The Balaban J connectivity index is 1.65. The SMILES string of the molecule is CCONC(=O)c1coc(CSc2nnc(-c3ccccc3)n2-c2cccc(C(F)(F)F)c2)n1. The van der Waals surface area contributed by atoms with Crippen LogP contribution in [0, 0.1) is 0 Å². The number of hydrogen-bond donors (Lipinski definition) is 1. The van der Waals surface area contributed by atoms with Gasteiger partial charge in [0.1, 0.15) is 6.26 Å². The van der Waals surface area contributed by atoms with Crippen LogP contribution in [0.5, 0.6) is 0 Å². The number of nitrogens with one attached hydrogen (secondary N) is 1. The second kappa shape index (κ2) is 10.1. The van der Waals surface area contributed by atoms with Crippen molar-refractivity contribution < 1.29 is 27.2 Å². The van der Waals surface area contributed by atoms with Gasteiger partial charge in [0.05, 0.1) is 23.6 Å². The molecule has 2 aromatic carbocycles. The monoisotopic (exact) mass is 489 g/mol. The molecule has 0 unspecified atom stereocenters. The number of carbonyl (C=O) groups excluding carboxylic acids is 1. The molecule has 0 aliphatic rings. The molecule has 0 bridgehead atoms. The lowest BCUT2D eigenvalue weighted by Gasteiger charge is -2.13. The highest BCUT2D eigenvalue weighted by molar-refractivity contribution is 7.98. The van der Waals surface area contributed by atoms with Crippen molar-refractivity contribution in [1.29, 1.82) is 0 Å². The fourth-order valence-electron chi connectivity index (χ4n) is 2.99. The van der Waals surface area contributed by atoms with Crippen molar-refractivity contribution in [2.75, 3.05) is 6.61 Å². The number of aromatic nitrogens is 4. The van der Waals surface area contributed by atoms with E-state index in [9.17, 15) is 18.0 Å². The molecule has 0 spiro atoms. The first-order chi connectivity index (χ1) is 16.4. The third kappa shape index (κ3) is 5.29. The van der Waals surface area contributed by atoms with E-state index in [4.69, 9.17) is 9.25 Å². The van der Waals surface area contributed by atoms with Crippen LogP contribution in [0.4, 0.5) is 13.2 Å². The van der Waals surface area contributed by atoms with Gasteiger partial charge in [-0.15, -0.1) is 10.2 Å². The maximum atomic E-state index is 13.3. The third-order valence-electron chi connectivity index (χ3n) is 4.52. The summed E-state index contributed by atoms with van der Waals surface area (Å²) in [7, 11) is 0. The molecule has 1 amide bonds. The van der Waals surface area contributed by atoms with Gasteiger partial charge in [-0.3, -0.25) is 14.2 Å². The summed E-state index contributed by atoms with van der Waals surface area (Å²) in [6, 6.07) is 13.9. The Labute approximate surface area is 196 Å². The molecule has 0 saturated carbocycles. The van der Waals surface area contributed by atoms with Gasteiger partial charge in [0, 0.05) is 5.56 Å². The minimum atomic E-state index is -4.50. The number of benzene rings is 2. The van der Waals surface area contributed by atoms with Gasteiger partial charge in [-0.25, -0.2) is 10.5 Å². The van der Waals surface area contributed by atoms with Crippen LogP contribution in [0.15, 0.2) is 70.4 Å². The summed E-state index contributed by atoms with van der Waals surface area (Å²) in [6.07, 6.45) is -3.31. The van der Waals surface area contributed by atoms with E-state index in [0.717, 1.165) is 23.9 Å². The smallest absolute Gasteiger partial charge is 0.416 e. The van der Waals surface area contributed by atoms with E-state index in [2.05, 4.69) is 20.7 Å². The normalized spacial score (nSPS) is 11.5. The molecule has 2 heterocycles. The van der Waals surface area contributed by atoms with Crippen molar-refractivity contribution in [2.45, 2.75) is 24.0 Å². The number of nitrogens with zero attached hydrogens (tertiary/aromatic N) is 4. The summed E-state index contributed by atoms with van der Waals surface area (Å²) in [5, 5.41) is 8.73. The first-order valence-electron chi connectivity index (χ1n) is 10.0. The van der Waals surface area contributed by atoms with E-state index in [1.807, 2.05) is 6.07 Å². The minimum Gasteiger partial charge on any atom is -0.447 e. The fraction of sp³-hybridized carbons (Fsp3) is 0.182.